The number of ether oxygens (including phenoxy) is 2. The van der Waals surface area contributed by atoms with Crippen molar-refractivity contribution in [3.8, 4) is 22.9 Å². The minimum Gasteiger partial charge on any atom is -0.493 e. The summed E-state index contributed by atoms with van der Waals surface area (Å²) in [7, 11) is 3.26. The van der Waals surface area contributed by atoms with Crippen LogP contribution in [0.4, 0.5) is 0 Å². The lowest BCUT2D eigenvalue weighted by Crippen LogP contribution is -2.24. The largest absolute Gasteiger partial charge is 0.493 e. The lowest BCUT2D eigenvalue weighted by atomic mass is 10.2. The molecule has 0 N–H and O–H groups in total. The predicted molar refractivity (Wildman–Crippen MR) is 99.5 cm³/mol. The van der Waals surface area contributed by atoms with E-state index >= 15 is 0 Å². The summed E-state index contributed by atoms with van der Waals surface area (Å²) in [5, 5.41) is 4.16. The zero-order valence-electron chi connectivity index (χ0n) is 15.5. The highest BCUT2D eigenvalue weighted by Crippen LogP contribution is 2.36. The quantitative estimate of drug-likeness (QED) is 0.661. The van der Waals surface area contributed by atoms with Crippen LogP contribution in [0.1, 0.15) is 30.5 Å². The SMILES string of the molecule is COc1ccnc(CN2CCCC2c2nc(-c3ccccc3)no2)c1OC. The molecular weight excluding hydrogens is 344 g/mol. The van der Waals surface area contributed by atoms with Gasteiger partial charge in [0.25, 0.3) is 0 Å². The molecule has 1 aliphatic rings. The van der Waals surface area contributed by atoms with Gasteiger partial charge in [0.1, 0.15) is 5.69 Å². The second-order valence-corrected chi connectivity index (χ2v) is 6.44. The van der Waals surface area contributed by atoms with Gasteiger partial charge in [-0.05, 0) is 19.4 Å². The Morgan fingerprint density at radius 2 is 2.00 bits per heavy atom. The van der Waals surface area contributed by atoms with E-state index in [0.717, 1.165) is 30.6 Å². The van der Waals surface area contributed by atoms with E-state index < -0.39 is 0 Å². The second-order valence-electron chi connectivity index (χ2n) is 6.44. The maximum Gasteiger partial charge on any atom is 0.244 e. The molecule has 0 saturated carbocycles. The normalized spacial score (nSPS) is 17.2. The van der Waals surface area contributed by atoms with E-state index in [9.17, 15) is 0 Å². The van der Waals surface area contributed by atoms with Crippen LogP contribution in [0.5, 0.6) is 11.5 Å². The third-order valence-corrected chi connectivity index (χ3v) is 4.84. The Morgan fingerprint density at radius 3 is 2.78 bits per heavy atom. The molecule has 27 heavy (non-hydrogen) atoms. The molecule has 1 unspecified atom stereocenters. The summed E-state index contributed by atoms with van der Waals surface area (Å²) >= 11 is 0. The van der Waals surface area contributed by atoms with E-state index in [1.807, 2.05) is 30.3 Å². The summed E-state index contributed by atoms with van der Waals surface area (Å²) in [6, 6.07) is 11.7. The van der Waals surface area contributed by atoms with Gasteiger partial charge in [0.2, 0.25) is 11.7 Å². The fourth-order valence-electron chi connectivity index (χ4n) is 3.53. The van der Waals surface area contributed by atoms with E-state index in [-0.39, 0.29) is 6.04 Å². The van der Waals surface area contributed by atoms with Gasteiger partial charge in [-0.3, -0.25) is 9.88 Å². The molecular formula is C20H22N4O3. The number of hydrogen-bond acceptors (Lipinski definition) is 7. The molecule has 0 radical (unpaired) electrons. The Hall–Kier alpha value is -2.93. The Bertz CT molecular complexity index is 897. The van der Waals surface area contributed by atoms with Crippen molar-refractivity contribution in [3.63, 3.8) is 0 Å². The molecule has 1 saturated heterocycles. The molecule has 3 aromatic rings. The van der Waals surface area contributed by atoms with Gasteiger partial charge in [0.05, 0.1) is 20.3 Å². The Kier molecular flexibility index (Phi) is 5.02. The number of pyridine rings is 1. The van der Waals surface area contributed by atoms with Crippen molar-refractivity contribution < 1.29 is 14.0 Å². The van der Waals surface area contributed by atoms with E-state index in [1.165, 1.54) is 0 Å². The Morgan fingerprint density at radius 1 is 1.15 bits per heavy atom. The highest BCUT2D eigenvalue weighted by Gasteiger charge is 2.32. The summed E-state index contributed by atoms with van der Waals surface area (Å²) in [5.41, 5.74) is 1.79. The van der Waals surface area contributed by atoms with Gasteiger partial charge >= 0.3 is 0 Å². The standard InChI is InChI=1S/C20H22N4O3/c1-25-17-10-11-21-15(18(17)26-2)13-24-12-6-9-16(24)20-22-19(23-27-20)14-7-4-3-5-8-14/h3-5,7-8,10-11,16H,6,9,12-13H2,1-2H3. The molecule has 0 spiro atoms. The number of hydrogen-bond donors (Lipinski definition) is 0. The van der Waals surface area contributed by atoms with Crippen LogP contribution in [0.3, 0.4) is 0 Å². The van der Waals surface area contributed by atoms with Crippen molar-refractivity contribution in [3.05, 3.63) is 54.2 Å². The highest BCUT2D eigenvalue weighted by molar-refractivity contribution is 5.53. The molecule has 0 bridgehead atoms. The number of nitrogens with zero attached hydrogens (tertiary/aromatic N) is 4. The maximum absolute atomic E-state index is 5.59. The van der Waals surface area contributed by atoms with Gasteiger partial charge in [-0.25, -0.2) is 0 Å². The topological polar surface area (TPSA) is 73.5 Å². The molecule has 1 fully saturated rings. The van der Waals surface area contributed by atoms with Crippen LogP contribution in [0.25, 0.3) is 11.4 Å². The van der Waals surface area contributed by atoms with Gasteiger partial charge in [0, 0.05) is 24.4 Å². The van der Waals surface area contributed by atoms with Gasteiger partial charge in [-0.1, -0.05) is 35.5 Å². The molecule has 140 valence electrons. The number of benzene rings is 1. The minimum atomic E-state index is 0.0765. The van der Waals surface area contributed by atoms with Crippen molar-refractivity contribution in [2.75, 3.05) is 20.8 Å². The van der Waals surface area contributed by atoms with Crippen molar-refractivity contribution >= 4 is 0 Å². The smallest absolute Gasteiger partial charge is 0.244 e. The summed E-state index contributed by atoms with van der Waals surface area (Å²) in [4.78, 5) is 11.4. The summed E-state index contributed by atoms with van der Waals surface area (Å²) in [5.74, 6) is 2.62. The molecule has 3 heterocycles. The average molecular weight is 366 g/mol. The van der Waals surface area contributed by atoms with Crippen LogP contribution in [0.2, 0.25) is 0 Å². The molecule has 7 heteroatoms. The molecule has 4 rings (SSSR count). The molecule has 2 aromatic heterocycles. The summed E-state index contributed by atoms with van der Waals surface area (Å²) < 4.78 is 16.5. The van der Waals surface area contributed by atoms with E-state index in [4.69, 9.17) is 14.0 Å². The molecule has 7 nitrogen and oxygen atoms in total. The molecule has 1 aliphatic heterocycles. The van der Waals surface area contributed by atoms with Crippen LogP contribution in [-0.2, 0) is 6.54 Å². The number of methoxy groups -OCH3 is 2. The lowest BCUT2D eigenvalue weighted by molar-refractivity contribution is 0.196. The van der Waals surface area contributed by atoms with E-state index in [1.54, 1.807) is 26.5 Å². The zero-order chi connectivity index (χ0) is 18.6. The number of likely N-dealkylation sites (tertiary alicyclic amines) is 1. The van der Waals surface area contributed by atoms with Crippen LogP contribution in [0, 0.1) is 0 Å². The molecule has 1 atom stereocenters. The molecule has 0 amide bonds. The van der Waals surface area contributed by atoms with E-state index in [2.05, 4.69) is 20.0 Å². The number of rotatable bonds is 6. The van der Waals surface area contributed by atoms with Gasteiger partial charge in [-0.15, -0.1) is 0 Å². The minimum absolute atomic E-state index is 0.0765. The third-order valence-electron chi connectivity index (χ3n) is 4.84. The third kappa shape index (κ3) is 3.50. The second kappa shape index (κ2) is 7.75. The van der Waals surface area contributed by atoms with Gasteiger partial charge in [-0.2, -0.15) is 4.98 Å². The van der Waals surface area contributed by atoms with E-state index in [0.29, 0.717) is 29.8 Å². The monoisotopic (exact) mass is 366 g/mol. The van der Waals surface area contributed by atoms with Gasteiger partial charge in [0.15, 0.2) is 11.5 Å². The van der Waals surface area contributed by atoms with Crippen molar-refractivity contribution in [1.82, 2.24) is 20.0 Å². The molecule has 0 aliphatic carbocycles. The zero-order valence-corrected chi connectivity index (χ0v) is 15.5. The van der Waals surface area contributed by atoms with Crippen molar-refractivity contribution in [2.24, 2.45) is 0 Å². The Balaban J connectivity index is 1.56. The van der Waals surface area contributed by atoms with Gasteiger partial charge < -0.3 is 14.0 Å². The van der Waals surface area contributed by atoms with Crippen molar-refractivity contribution in [2.45, 2.75) is 25.4 Å². The summed E-state index contributed by atoms with van der Waals surface area (Å²) in [6.07, 6.45) is 3.78. The first-order chi connectivity index (χ1) is 13.3. The first-order valence-corrected chi connectivity index (χ1v) is 8.99. The fraction of sp³-hybridized carbons (Fsp3) is 0.350. The van der Waals surface area contributed by atoms with Crippen LogP contribution in [-0.4, -0.2) is 40.8 Å². The van der Waals surface area contributed by atoms with Crippen LogP contribution in [0.15, 0.2) is 47.1 Å². The molecule has 1 aromatic carbocycles. The predicted octanol–water partition coefficient (Wildman–Crippen LogP) is 3.49. The first-order valence-electron chi connectivity index (χ1n) is 8.99. The van der Waals surface area contributed by atoms with Crippen molar-refractivity contribution in [1.29, 1.82) is 0 Å². The fourth-order valence-corrected chi connectivity index (χ4v) is 3.53. The first kappa shape index (κ1) is 17.5. The highest BCUT2D eigenvalue weighted by atomic mass is 16.5. The maximum atomic E-state index is 5.59. The number of aromatic nitrogens is 3. The lowest BCUT2D eigenvalue weighted by Gasteiger charge is -2.22. The summed E-state index contributed by atoms with van der Waals surface area (Å²) in [6.45, 7) is 1.57. The van der Waals surface area contributed by atoms with Crippen LogP contribution < -0.4 is 9.47 Å². The Labute approximate surface area is 157 Å². The van der Waals surface area contributed by atoms with Crippen LogP contribution >= 0.6 is 0 Å². The average Bonchev–Trinajstić information content (AvgIpc) is 3.37.